The maximum Gasteiger partial charge on any atom is 0.243 e. The van der Waals surface area contributed by atoms with Crippen LogP contribution >= 0.6 is 11.6 Å². The predicted molar refractivity (Wildman–Crippen MR) is 96.8 cm³/mol. The van der Waals surface area contributed by atoms with Crippen molar-refractivity contribution in [3.63, 3.8) is 0 Å². The fraction of sp³-hybridized carbons (Fsp3) is 0.579. The summed E-state index contributed by atoms with van der Waals surface area (Å²) in [6.45, 7) is 4.13. The predicted octanol–water partition coefficient (Wildman–Crippen LogP) is 3.92. The van der Waals surface area contributed by atoms with Gasteiger partial charge in [-0.1, -0.05) is 56.5 Å². The van der Waals surface area contributed by atoms with Crippen LogP contribution in [-0.2, 0) is 16.1 Å². The van der Waals surface area contributed by atoms with Crippen molar-refractivity contribution < 1.29 is 9.59 Å². The zero-order chi connectivity index (χ0) is 17.5. The van der Waals surface area contributed by atoms with Gasteiger partial charge < -0.3 is 10.2 Å². The maximum absolute atomic E-state index is 12.7. The third kappa shape index (κ3) is 4.73. The second-order valence-corrected chi connectivity index (χ2v) is 6.79. The quantitative estimate of drug-likeness (QED) is 0.810. The molecule has 5 heteroatoms. The molecule has 1 aromatic rings. The van der Waals surface area contributed by atoms with Crippen LogP contribution in [0.2, 0.25) is 5.02 Å². The monoisotopic (exact) mass is 350 g/mol. The van der Waals surface area contributed by atoms with Gasteiger partial charge in [-0.3, -0.25) is 9.59 Å². The minimum Gasteiger partial charge on any atom is -0.352 e. The van der Waals surface area contributed by atoms with E-state index in [4.69, 9.17) is 11.6 Å². The Kier molecular flexibility index (Phi) is 7.10. The molecular formula is C19H27ClN2O2. The molecule has 132 valence electrons. The number of hydrogen-bond donors (Lipinski definition) is 1. The molecule has 0 aliphatic heterocycles. The van der Waals surface area contributed by atoms with Crippen LogP contribution in [0.3, 0.4) is 0 Å². The highest BCUT2D eigenvalue weighted by Gasteiger charge is 2.30. The van der Waals surface area contributed by atoms with Crippen LogP contribution in [0.5, 0.6) is 0 Å². The minimum absolute atomic E-state index is 0.0247. The minimum atomic E-state index is -0.450. The molecule has 0 spiro atoms. The third-order valence-corrected chi connectivity index (χ3v) is 5.06. The van der Waals surface area contributed by atoms with Crippen molar-refractivity contribution in [3.8, 4) is 0 Å². The largest absolute Gasteiger partial charge is 0.352 e. The van der Waals surface area contributed by atoms with Gasteiger partial charge in [-0.05, 0) is 30.9 Å². The summed E-state index contributed by atoms with van der Waals surface area (Å²) in [6, 6.07) is 7.28. The zero-order valence-corrected chi connectivity index (χ0v) is 15.3. The van der Waals surface area contributed by atoms with Gasteiger partial charge in [0.15, 0.2) is 0 Å². The summed E-state index contributed by atoms with van der Waals surface area (Å²) in [5.74, 6) is -0.0680. The molecule has 0 saturated heterocycles. The molecule has 1 aliphatic rings. The lowest BCUT2D eigenvalue weighted by Crippen LogP contribution is -2.50. The van der Waals surface area contributed by atoms with Crippen molar-refractivity contribution in [2.24, 2.45) is 0 Å². The Morgan fingerprint density at radius 3 is 2.50 bits per heavy atom. The molecule has 2 rings (SSSR count). The van der Waals surface area contributed by atoms with Gasteiger partial charge in [-0.25, -0.2) is 0 Å². The molecule has 0 bridgehead atoms. The Hall–Kier alpha value is -1.55. The summed E-state index contributed by atoms with van der Waals surface area (Å²) < 4.78 is 0. The van der Waals surface area contributed by atoms with E-state index in [-0.39, 0.29) is 17.9 Å². The van der Waals surface area contributed by atoms with Crippen LogP contribution in [0.4, 0.5) is 0 Å². The number of amides is 2. The second kappa shape index (κ2) is 9.07. The Morgan fingerprint density at radius 2 is 1.92 bits per heavy atom. The van der Waals surface area contributed by atoms with Crippen LogP contribution in [-0.4, -0.2) is 28.8 Å². The lowest BCUT2D eigenvalue weighted by atomic mass is 10.1. The number of nitrogens with one attached hydrogen (secondary N) is 1. The first-order valence-corrected chi connectivity index (χ1v) is 9.27. The smallest absolute Gasteiger partial charge is 0.243 e. The summed E-state index contributed by atoms with van der Waals surface area (Å²) in [5.41, 5.74) is 0.869. The molecule has 2 amide bonds. The van der Waals surface area contributed by atoms with E-state index in [0.29, 0.717) is 24.4 Å². The van der Waals surface area contributed by atoms with Gasteiger partial charge in [0.2, 0.25) is 11.8 Å². The molecule has 1 unspecified atom stereocenters. The number of halogens is 1. The van der Waals surface area contributed by atoms with E-state index in [2.05, 4.69) is 5.32 Å². The van der Waals surface area contributed by atoms with Crippen molar-refractivity contribution >= 4 is 23.4 Å². The highest BCUT2D eigenvalue weighted by molar-refractivity contribution is 6.31. The normalized spacial score (nSPS) is 16.0. The molecule has 0 radical (unpaired) electrons. The molecule has 0 heterocycles. The summed E-state index contributed by atoms with van der Waals surface area (Å²) in [6.07, 6.45) is 5.37. The summed E-state index contributed by atoms with van der Waals surface area (Å²) in [7, 11) is 0. The van der Waals surface area contributed by atoms with Crippen molar-refractivity contribution in [2.45, 2.75) is 71.0 Å². The number of hydrogen-bond acceptors (Lipinski definition) is 2. The number of carbonyl (C=O) groups is 2. The number of benzene rings is 1. The van der Waals surface area contributed by atoms with E-state index in [0.717, 1.165) is 18.4 Å². The fourth-order valence-electron chi connectivity index (χ4n) is 3.30. The van der Waals surface area contributed by atoms with Crippen LogP contribution in [0.15, 0.2) is 24.3 Å². The molecule has 1 atom stereocenters. The average molecular weight is 351 g/mol. The van der Waals surface area contributed by atoms with Crippen molar-refractivity contribution in [1.29, 1.82) is 0 Å². The lowest BCUT2D eigenvalue weighted by Gasteiger charge is -2.31. The summed E-state index contributed by atoms with van der Waals surface area (Å²) in [5, 5.41) is 3.75. The summed E-state index contributed by atoms with van der Waals surface area (Å²) in [4.78, 5) is 26.9. The van der Waals surface area contributed by atoms with Gasteiger partial charge in [0.05, 0.1) is 0 Å². The highest BCUT2D eigenvalue weighted by Crippen LogP contribution is 2.21. The van der Waals surface area contributed by atoms with Crippen LogP contribution in [0.1, 0.15) is 57.9 Å². The zero-order valence-electron chi connectivity index (χ0n) is 14.6. The Morgan fingerprint density at radius 1 is 1.25 bits per heavy atom. The van der Waals surface area contributed by atoms with E-state index in [9.17, 15) is 9.59 Å². The van der Waals surface area contributed by atoms with Crippen LogP contribution < -0.4 is 5.32 Å². The van der Waals surface area contributed by atoms with E-state index in [1.54, 1.807) is 4.90 Å². The van der Waals surface area contributed by atoms with E-state index in [1.165, 1.54) is 12.8 Å². The number of nitrogens with zero attached hydrogens (tertiary/aromatic N) is 1. The van der Waals surface area contributed by atoms with Crippen LogP contribution in [0, 0.1) is 0 Å². The van der Waals surface area contributed by atoms with Gasteiger partial charge in [-0.2, -0.15) is 0 Å². The highest BCUT2D eigenvalue weighted by atomic mass is 35.5. The molecule has 24 heavy (non-hydrogen) atoms. The molecule has 1 aromatic carbocycles. The van der Waals surface area contributed by atoms with Gasteiger partial charge >= 0.3 is 0 Å². The Labute approximate surface area is 149 Å². The number of rotatable bonds is 7. The SMILES string of the molecule is CCC(=O)N(Cc1ccccc1Cl)C(CC)C(=O)NC1CCCC1. The fourth-order valence-corrected chi connectivity index (χ4v) is 3.50. The van der Waals surface area contributed by atoms with E-state index in [1.807, 2.05) is 38.1 Å². The Balaban J connectivity index is 2.15. The maximum atomic E-state index is 12.7. The molecule has 1 aliphatic carbocycles. The first kappa shape index (κ1) is 18.8. The third-order valence-electron chi connectivity index (χ3n) is 4.69. The average Bonchev–Trinajstić information content (AvgIpc) is 3.08. The first-order chi connectivity index (χ1) is 11.6. The second-order valence-electron chi connectivity index (χ2n) is 6.38. The van der Waals surface area contributed by atoms with Crippen molar-refractivity contribution in [1.82, 2.24) is 10.2 Å². The standard InChI is InChI=1S/C19H27ClN2O2/c1-3-17(19(24)21-15-10-6-7-11-15)22(18(23)4-2)13-14-9-5-8-12-16(14)20/h5,8-9,12,15,17H,3-4,6-7,10-11,13H2,1-2H3,(H,21,24). The molecule has 1 saturated carbocycles. The molecule has 1 fully saturated rings. The van der Waals surface area contributed by atoms with E-state index >= 15 is 0 Å². The molecule has 1 N–H and O–H groups in total. The van der Waals surface area contributed by atoms with Gasteiger partial charge in [0.1, 0.15) is 6.04 Å². The molecule has 0 aromatic heterocycles. The molecular weight excluding hydrogens is 324 g/mol. The van der Waals surface area contributed by atoms with Crippen molar-refractivity contribution in [3.05, 3.63) is 34.9 Å². The lowest BCUT2D eigenvalue weighted by molar-refractivity contribution is -0.141. The van der Waals surface area contributed by atoms with Gasteiger partial charge in [0, 0.05) is 24.0 Å². The number of carbonyl (C=O) groups excluding carboxylic acids is 2. The summed E-state index contributed by atoms with van der Waals surface area (Å²) >= 11 is 6.24. The topological polar surface area (TPSA) is 49.4 Å². The molecule has 4 nitrogen and oxygen atoms in total. The van der Waals surface area contributed by atoms with Crippen LogP contribution in [0.25, 0.3) is 0 Å². The van der Waals surface area contributed by atoms with Crippen molar-refractivity contribution in [2.75, 3.05) is 0 Å². The van der Waals surface area contributed by atoms with Gasteiger partial charge in [-0.15, -0.1) is 0 Å². The Bertz CT molecular complexity index is 570. The first-order valence-electron chi connectivity index (χ1n) is 8.90. The van der Waals surface area contributed by atoms with E-state index < -0.39 is 6.04 Å². The van der Waals surface area contributed by atoms with Gasteiger partial charge in [0.25, 0.3) is 0 Å².